The lowest BCUT2D eigenvalue weighted by Gasteiger charge is -2.11. The molecule has 3 rings (SSSR count). The number of hydrogen-bond acceptors (Lipinski definition) is 5. The van der Waals surface area contributed by atoms with Crippen molar-refractivity contribution in [3.8, 4) is 6.07 Å². The smallest absolute Gasteiger partial charge is 0.256 e. The molecule has 0 spiro atoms. The highest BCUT2D eigenvalue weighted by Gasteiger charge is 2.23. The van der Waals surface area contributed by atoms with Crippen molar-refractivity contribution in [1.82, 2.24) is 0 Å². The number of amides is 2. The zero-order chi connectivity index (χ0) is 18.7. The fourth-order valence-corrected chi connectivity index (χ4v) is 3.78. The van der Waals surface area contributed by atoms with Crippen LogP contribution in [0.1, 0.15) is 39.2 Å². The standard InChI is InChI=1S/C19H19N3O3S/c1-11-12(2)26-19(15(11)10-20)22-17(23)13-5-3-6-14(9-13)21-18(24)16-7-4-8-25-16/h3,5-6,9,16H,4,7-8H2,1-2H3,(H,21,24)(H,22,23)/t16-/m0/s1. The monoisotopic (exact) mass is 369 g/mol. The molecule has 0 aliphatic carbocycles. The minimum Gasteiger partial charge on any atom is -0.368 e. The molecule has 2 aromatic rings. The number of nitrogens with zero attached hydrogens (tertiary/aromatic N) is 1. The van der Waals surface area contributed by atoms with E-state index in [9.17, 15) is 14.9 Å². The van der Waals surface area contributed by atoms with Crippen LogP contribution in [0.15, 0.2) is 24.3 Å². The highest BCUT2D eigenvalue weighted by molar-refractivity contribution is 7.16. The Morgan fingerprint density at radius 2 is 2.12 bits per heavy atom. The number of nitrogens with one attached hydrogen (secondary N) is 2. The van der Waals surface area contributed by atoms with Gasteiger partial charge in [-0.25, -0.2) is 0 Å². The van der Waals surface area contributed by atoms with Crippen molar-refractivity contribution in [3.05, 3.63) is 45.8 Å². The fraction of sp³-hybridized carbons (Fsp3) is 0.316. The van der Waals surface area contributed by atoms with Gasteiger partial charge in [-0.05, 0) is 50.5 Å². The van der Waals surface area contributed by atoms with Crippen LogP contribution in [0.4, 0.5) is 10.7 Å². The molecular weight excluding hydrogens is 350 g/mol. The van der Waals surface area contributed by atoms with E-state index in [1.807, 2.05) is 13.8 Å². The topological polar surface area (TPSA) is 91.2 Å². The Kier molecular flexibility index (Phi) is 5.35. The van der Waals surface area contributed by atoms with Crippen LogP contribution >= 0.6 is 11.3 Å². The van der Waals surface area contributed by atoms with E-state index in [0.717, 1.165) is 16.9 Å². The molecule has 26 heavy (non-hydrogen) atoms. The number of hydrogen-bond donors (Lipinski definition) is 2. The van der Waals surface area contributed by atoms with Crippen LogP contribution in [-0.2, 0) is 9.53 Å². The Labute approximate surface area is 155 Å². The van der Waals surface area contributed by atoms with Crippen molar-refractivity contribution >= 4 is 33.8 Å². The van der Waals surface area contributed by atoms with Gasteiger partial charge in [-0.15, -0.1) is 11.3 Å². The van der Waals surface area contributed by atoms with Crippen LogP contribution < -0.4 is 10.6 Å². The number of anilines is 2. The quantitative estimate of drug-likeness (QED) is 0.861. The molecule has 7 heteroatoms. The summed E-state index contributed by atoms with van der Waals surface area (Å²) in [5, 5.41) is 15.4. The summed E-state index contributed by atoms with van der Waals surface area (Å²) < 4.78 is 5.36. The van der Waals surface area contributed by atoms with Crippen molar-refractivity contribution in [3.63, 3.8) is 0 Å². The summed E-state index contributed by atoms with van der Waals surface area (Å²) in [6.45, 7) is 4.38. The lowest BCUT2D eigenvalue weighted by molar-refractivity contribution is -0.124. The average Bonchev–Trinajstić information content (AvgIpc) is 3.24. The number of aryl methyl sites for hydroxylation is 1. The number of nitriles is 1. The molecule has 1 aliphatic heterocycles. The van der Waals surface area contributed by atoms with Gasteiger partial charge in [0.25, 0.3) is 11.8 Å². The highest BCUT2D eigenvalue weighted by atomic mass is 32.1. The summed E-state index contributed by atoms with van der Waals surface area (Å²) in [6.07, 6.45) is 1.16. The van der Waals surface area contributed by atoms with E-state index >= 15 is 0 Å². The molecule has 0 bridgehead atoms. The molecule has 0 saturated carbocycles. The Balaban J connectivity index is 1.73. The molecular formula is C19H19N3O3S. The van der Waals surface area contributed by atoms with Gasteiger partial charge in [-0.1, -0.05) is 6.07 Å². The summed E-state index contributed by atoms with van der Waals surface area (Å²) in [7, 11) is 0. The molecule has 2 N–H and O–H groups in total. The Morgan fingerprint density at radius 3 is 2.81 bits per heavy atom. The second-order valence-corrected chi connectivity index (χ2v) is 7.35. The second kappa shape index (κ2) is 7.68. The van der Waals surface area contributed by atoms with Crippen LogP contribution in [0, 0.1) is 25.2 Å². The first-order chi connectivity index (χ1) is 12.5. The van der Waals surface area contributed by atoms with Gasteiger partial charge in [-0.2, -0.15) is 5.26 Å². The van der Waals surface area contributed by atoms with Gasteiger partial charge in [0.2, 0.25) is 0 Å². The third-order valence-corrected chi connectivity index (χ3v) is 5.46. The second-order valence-electron chi connectivity index (χ2n) is 6.13. The SMILES string of the molecule is Cc1sc(NC(=O)c2cccc(NC(=O)[C@@H]3CCCO3)c2)c(C#N)c1C. The van der Waals surface area contributed by atoms with Gasteiger partial charge in [0.15, 0.2) is 0 Å². The molecule has 2 heterocycles. The van der Waals surface area contributed by atoms with Crippen molar-refractivity contribution in [1.29, 1.82) is 5.26 Å². The first kappa shape index (κ1) is 18.1. The zero-order valence-electron chi connectivity index (χ0n) is 14.6. The summed E-state index contributed by atoms with van der Waals surface area (Å²) >= 11 is 1.38. The normalized spacial score (nSPS) is 16.1. The number of ether oxygens (including phenoxy) is 1. The van der Waals surface area contributed by atoms with E-state index in [1.54, 1.807) is 24.3 Å². The van der Waals surface area contributed by atoms with E-state index in [4.69, 9.17) is 4.74 Å². The van der Waals surface area contributed by atoms with Crippen LogP contribution in [-0.4, -0.2) is 24.5 Å². The number of rotatable bonds is 4. The molecule has 2 amide bonds. The molecule has 1 fully saturated rings. The van der Waals surface area contributed by atoms with Gasteiger partial charge in [0.05, 0.1) is 5.56 Å². The highest BCUT2D eigenvalue weighted by Crippen LogP contribution is 2.32. The maximum Gasteiger partial charge on any atom is 0.256 e. The predicted octanol–water partition coefficient (Wildman–Crippen LogP) is 3.61. The number of carbonyl (C=O) groups is 2. The predicted molar refractivity (Wildman–Crippen MR) is 101 cm³/mol. The Morgan fingerprint density at radius 1 is 1.31 bits per heavy atom. The maximum absolute atomic E-state index is 12.5. The molecule has 1 saturated heterocycles. The van der Waals surface area contributed by atoms with Crippen LogP contribution in [0.2, 0.25) is 0 Å². The minimum absolute atomic E-state index is 0.198. The summed E-state index contributed by atoms with van der Waals surface area (Å²) in [6, 6.07) is 8.84. The van der Waals surface area contributed by atoms with Crippen LogP contribution in [0.25, 0.3) is 0 Å². The summed E-state index contributed by atoms with van der Waals surface area (Å²) in [4.78, 5) is 25.7. The van der Waals surface area contributed by atoms with E-state index < -0.39 is 6.10 Å². The molecule has 1 aromatic heterocycles. The lowest BCUT2D eigenvalue weighted by atomic mass is 10.1. The first-order valence-corrected chi connectivity index (χ1v) is 9.15. The summed E-state index contributed by atoms with van der Waals surface area (Å²) in [5.74, 6) is -0.521. The van der Waals surface area contributed by atoms with Crippen molar-refractivity contribution < 1.29 is 14.3 Å². The van der Waals surface area contributed by atoms with Crippen LogP contribution in [0.5, 0.6) is 0 Å². The average molecular weight is 369 g/mol. The van der Waals surface area contributed by atoms with E-state index in [2.05, 4.69) is 16.7 Å². The molecule has 1 aliphatic rings. The first-order valence-electron chi connectivity index (χ1n) is 8.33. The Hall–Kier alpha value is -2.69. The van der Waals surface area contributed by atoms with Gasteiger partial charge in [-0.3, -0.25) is 9.59 Å². The third-order valence-electron chi connectivity index (χ3n) is 4.34. The number of carbonyl (C=O) groups excluding carboxylic acids is 2. The van der Waals surface area contributed by atoms with Gasteiger partial charge >= 0.3 is 0 Å². The molecule has 0 unspecified atom stereocenters. The van der Waals surface area contributed by atoms with Gasteiger partial charge < -0.3 is 15.4 Å². The molecule has 1 atom stereocenters. The summed E-state index contributed by atoms with van der Waals surface area (Å²) in [5.41, 5.74) is 2.31. The van der Waals surface area contributed by atoms with Crippen molar-refractivity contribution in [2.75, 3.05) is 17.2 Å². The fourth-order valence-electron chi connectivity index (χ4n) is 2.77. The maximum atomic E-state index is 12.5. The van der Waals surface area contributed by atoms with E-state index in [1.165, 1.54) is 11.3 Å². The van der Waals surface area contributed by atoms with Gasteiger partial charge in [0, 0.05) is 22.7 Å². The van der Waals surface area contributed by atoms with Crippen LogP contribution in [0.3, 0.4) is 0 Å². The van der Waals surface area contributed by atoms with E-state index in [-0.39, 0.29) is 11.8 Å². The Bertz CT molecular complexity index is 892. The third kappa shape index (κ3) is 3.77. The van der Waals surface area contributed by atoms with Crippen molar-refractivity contribution in [2.45, 2.75) is 32.8 Å². The molecule has 1 aromatic carbocycles. The molecule has 134 valence electrons. The van der Waals surface area contributed by atoms with Crippen molar-refractivity contribution in [2.24, 2.45) is 0 Å². The number of thiophene rings is 1. The van der Waals surface area contributed by atoms with Gasteiger partial charge in [0.1, 0.15) is 17.2 Å². The molecule has 0 radical (unpaired) electrons. The van der Waals surface area contributed by atoms with E-state index in [0.29, 0.717) is 34.8 Å². The number of benzene rings is 1. The zero-order valence-corrected chi connectivity index (χ0v) is 15.4. The lowest BCUT2D eigenvalue weighted by Crippen LogP contribution is -2.27. The minimum atomic E-state index is -0.428. The molecule has 6 nitrogen and oxygen atoms in total. The largest absolute Gasteiger partial charge is 0.368 e.